The first-order valence-corrected chi connectivity index (χ1v) is 14.5. The summed E-state index contributed by atoms with van der Waals surface area (Å²) in [5.41, 5.74) is 6.86. The highest BCUT2D eigenvalue weighted by molar-refractivity contribution is 5.84. The standard InChI is InChI=1S/C32H35N5O4/c1-22-7-9-37(34-22)10-8-31(38)36(19-23-5-6-29-30(15-23)41-21-40-29)20-27-17-26-16-24-3-2-4-25(24)18-28(26)33-32(27)35-11-13-39-14-12-35/h5-7,9,15-18H,2-4,8,10-14,19-21H2,1H3. The first kappa shape index (κ1) is 25.8. The van der Waals surface area contributed by atoms with Crippen LogP contribution < -0.4 is 14.4 Å². The molecule has 1 amide bonds. The zero-order valence-corrected chi connectivity index (χ0v) is 23.5. The van der Waals surface area contributed by atoms with Crippen molar-refractivity contribution in [3.8, 4) is 11.5 Å². The number of rotatable bonds is 8. The summed E-state index contributed by atoms with van der Waals surface area (Å²) >= 11 is 0. The maximum absolute atomic E-state index is 13.8. The molecule has 0 bridgehead atoms. The molecule has 0 radical (unpaired) electrons. The minimum absolute atomic E-state index is 0.0674. The maximum Gasteiger partial charge on any atom is 0.231 e. The summed E-state index contributed by atoms with van der Waals surface area (Å²) in [7, 11) is 0. The molecule has 9 nitrogen and oxygen atoms in total. The van der Waals surface area contributed by atoms with Crippen molar-refractivity contribution in [3.63, 3.8) is 0 Å². The third-order valence-electron chi connectivity index (χ3n) is 8.25. The summed E-state index contributed by atoms with van der Waals surface area (Å²) in [6.07, 6.45) is 5.71. The van der Waals surface area contributed by atoms with Gasteiger partial charge in [0.2, 0.25) is 12.7 Å². The van der Waals surface area contributed by atoms with Gasteiger partial charge in [0, 0.05) is 56.3 Å². The normalized spacial score (nSPS) is 15.9. The molecule has 2 aromatic carbocycles. The third kappa shape index (κ3) is 5.46. The average Bonchev–Trinajstić information content (AvgIpc) is 3.75. The van der Waals surface area contributed by atoms with Crippen molar-refractivity contribution in [2.45, 2.75) is 52.2 Å². The molecule has 7 rings (SSSR count). The van der Waals surface area contributed by atoms with Crippen LogP contribution in [0.2, 0.25) is 0 Å². The van der Waals surface area contributed by atoms with Crippen LogP contribution in [0.15, 0.2) is 48.7 Å². The number of aromatic nitrogens is 3. The minimum atomic E-state index is 0.0674. The van der Waals surface area contributed by atoms with E-state index in [2.05, 4.69) is 28.2 Å². The van der Waals surface area contributed by atoms with Gasteiger partial charge in [-0.3, -0.25) is 9.48 Å². The van der Waals surface area contributed by atoms with Gasteiger partial charge in [-0.1, -0.05) is 6.07 Å². The quantitative estimate of drug-likeness (QED) is 0.320. The molecule has 1 fully saturated rings. The van der Waals surface area contributed by atoms with Gasteiger partial charge in [-0.15, -0.1) is 0 Å². The van der Waals surface area contributed by atoms with Gasteiger partial charge in [-0.25, -0.2) is 4.98 Å². The van der Waals surface area contributed by atoms with Crippen LogP contribution in [-0.4, -0.2) is 58.7 Å². The summed E-state index contributed by atoms with van der Waals surface area (Å²) in [6.45, 7) is 6.54. The number of amides is 1. The van der Waals surface area contributed by atoms with E-state index in [9.17, 15) is 4.79 Å². The molecule has 0 unspecified atom stereocenters. The zero-order chi connectivity index (χ0) is 27.8. The van der Waals surface area contributed by atoms with Crippen LogP contribution in [0.5, 0.6) is 11.5 Å². The Balaban J connectivity index is 1.23. The highest BCUT2D eigenvalue weighted by atomic mass is 16.7. The summed E-state index contributed by atoms with van der Waals surface area (Å²) in [4.78, 5) is 23.3. The molecule has 9 heteroatoms. The van der Waals surface area contributed by atoms with E-state index in [1.807, 2.05) is 47.0 Å². The smallest absolute Gasteiger partial charge is 0.231 e. The van der Waals surface area contributed by atoms with E-state index >= 15 is 0 Å². The van der Waals surface area contributed by atoms with Gasteiger partial charge in [0.25, 0.3) is 0 Å². The number of hydrogen-bond acceptors (Lipinski definition) is 7. The number of aryl methyl sites for hydroxylation is 4. The Morgan fingerprint density at radius 1 is 0.976 bits per heavy atom. The number of ether oxygens (including phenoxy) is 3. The number of nitrogens with zero attached hydrogens (tertiary/aromatic N) is 5. The molecule has 212 valence electrons. The van der Waals surface area contributed by atoms with E-state index in [0.717, 1.165) is 71.0 Å². The predicted octanol–water partition coefficient (Wildman–Crippen LogP) is 4.41. The second-order valence-electron chi connectivity index (χ2n) is 11.1. The number of pyridine rings is 1. The van der Waals surface area contributed by atoms with Crippen molar-refractivity contribution in [2.75, 3.05) is 38.0 Å². The SMILES string of the molecule is Cc1ccn(CCC(=O)N(Cc2ccc3c(c2)OCO3)Cc2cc3cc4c(cc3nc2N2CCOCC2)CCC4)n1. The number of hydrogen-bond donors (Lipinski definition) is 0. The van der Waals surface area contributed by atoms with E-state index < -0.39 is 0 Å². The fourth-order valence-electron chi connectivity index (χ4n) is 6.10. The fourth-order valence-corrected chi connectivity index (χ4v) is 6.10. The van der Waals surface area contributed by atoms with Crippen LogP contribution in [0.1, 0.15) is 40.8 Å². The van der Waals surface area contributed by atoms with Crippen molar-refractivity contribution in [2.24, 2.45) is 0 Å². The molecule has 0 spiro atoms. The monoisotopic (exact) mass is 553 g/mol. The van der Waals surface area contributed by atoms with Crippen molar-refractivity contribution >= 4 is 22.6 Å². The Bertz CT molecular complexity index is 1590. The lowest BCUT2D eigenvalue weighted by Gasteiger charge is -2.31. The highest BCUT2D eigenvalue weighted by Gasteiger charge is 2.24. The third-order valence-corrected chi connectivity index (χ3v) is 8.25. The molecule has 2 aromatic heterocycles. The summed E-state index contributed by atoms with van der Waals surface area (Å²) in [6, 6.07) is 14.7. The number of benzene rings is 2. The van der Waals surface area contributed by atoms with E-state index in [1.165, 1.54) is 17.5 Å². The Hall–Kier alpha value is -4.11. The van der Waals surface area contributed by atoms with Crippen molar-refractivity contribution in [3.05, 3.63) is 76.6 Å². The molecule has 0 N–H and O–H groups in total. The first-order valence-electron chi connectivity index (χ1n) is 14.5. The fraction of sp³-hybridized carbons (Fsp3) is 0.406. The Labute approximate surface area is 239 Å². The molecule has 3 aliphatic rings. The largest absolute Gasteiger partial charge is 0.454 e. The van der Waals surface area contributed by atoms with Gasteiger partial charge in [0.1, 0.15) is 5.82 Å². The summed E-state index contributed by atoms with van der Waals surface area (Å²) < 4.78 is 18.6. The molecule has 1 saturated heterocycles. The van der Waals surface area contributed by atoms with E-state index in [-0.39, 0.29) is 12.7 Å². The molecule has 41 heavy (non-hydrogen) atoms. The topological polar surface area (TPSA) is 82.0 Å². The van der Waals surface area contributed by atoms with Crippen LogP contribution >= 0.6 is 0 Å². The van der Waals surface area contributed by atoms with E-state index in [0.29, 0.717) is 39.3 Å². The summed E-state index contributed by atoms with van der Waals surface area (Å²) in [5.74, 6) is 2.47. The number of carbonyl (C=O) groups excluding carboxylic acids is 1. The lowest BCUT2D eigenvalue weighted by Crippen LogP contribution is -2.38. The maximum atomic E-state index is 13.8. The van der Waals surface area contributed by atoms with Crippen molar-refractivity contribution < 1.29 is 19.0 Å². The Morgan fingerprint density at radius 3 is 2.63 bits per heavy atom. The van der Waals surface area contributed by atoms with Gasteiger partial charge in [-0.05, 0) is 79.3 Å². The minimum Gasteiger partial charge on any atom is -0.454 e. The molecule has 4 aromatic rings. The number of carbonyl (C=O) groups is 1. The van der Waals surface area contributed by atoms with Crippen molar-refractivity contribution in [1.29, 1.82) is 0 Å². The molecule has 4 heterocycles. The van der Waals surface area contributed by atoms with Crippen LogP contribution in [-0.2, 0) is 42.0 Å². The van der Waals surface area contributed by atoms with Gasteiger partial charge in [0.15, 0.2) is 11.5 Å². The second-order valence-corrected chi connectivity index (χ2v) is 11.1. The van der Waals surface area contributed by atoms with Crippen molar-refractivity contribution in [1.82, 2.24) is 19.7 Å². The highest BCUT2D eigenvalue weighted by Crippen LogP contribution is 2.34. The van der Waals surface area contributed by atoms with Gasteiger partial charge < -0.3 is 24.0 Å². The number of fused-ring (bicyclic) bond motifs is 3. The van der Waals surface area contributed by atoms with E-state index in [4.69, 9.17) is 19.2 Å². The lowest BCUT2D eigenvalue weighted by molar-refractivity contribution is -0.132. The second kappa shape index (κ2) is 11.0. The van der Waals surface area contributed by atoms with E-state index in [1.54, 1.807) is 0 Å². The predicted molar refractivity (Wildman–Crippen MR) is 155 cm³/mol. The number of anilines is 1. The van der Waals surface area contributed by atoms with Gasteiger partial charge in [-0.2, -0.15) is 5.10 Å². The van der Waals surface area contributed by atoms with Crippen LogP contribution in [0, 0.1) is 6.92 Å². The van der Waals surface area contributed by atoms with Gasteiger partial charge >= 0.3 is 0 Å². The zero-order valence-electron chi connectivity index (χ0n) is 23.5. The van der Waals surface area contributed by atoms with Gasteiger partial charge in [0.05, 0.1) is 24.4 Å². The Morgan fingerprint density at radius 2 is 1.80 bits per heavy atom. The molecular weight excluding hydrogens is 518 g/mol. The molecule has 0 atom stereocenters. The van der Waals surface area contributed by atoms with Crippen LogP contribution in [0.25, 0.3) is 10.9 Å². The Kier molecular flexibility index (Phi) is 6.96. The molecule has 1 aliphatic carbocycles. The molecule has 2 aliphatic heterocycles. The summed E-state index contributed by atoms with van der Waals surface area (Å²) in [5, 5.41) is 5.61. The van der Waals surface area contributed by atoms with Crippen LogP contribution in [0.4, 0.5) is 5.82 Å². The lowest BCUT2D eigenvalue weighted by atomic mass is 10.0. The number of morpholine rings is 1. The first-order chi connectivity index (χ1) is 20.1. The molecule has 0 saturated carbocycles. The van der Waals surface area contributed by atoms with Crippen LogP contribution in [0.3, 0.4) is 0 Å². The average molecular weight is 554 g/mol. The molecular formula is C32H35N5O4.